The molecule has 1 aromatic rings. The third-order valence-corrected chi connectivity index (χ3v) is 3.81. The summed E-state index contributed by atoms with van der Waals surface area (Å²) >= 11 is 3.30. The Morgan fingerprint density at radius 1 is 1.63 bits per heavy atom. The highest BCUT2D eigenvalue weighted by Crippen LogP contribution is 2.20. The molecule has 1 atom stereocenters. The van der Waals surface area contributed by atoms with Gasteiger partial charge < -0.3 is 20.7 Å². The van der Waals surface area contributed by atoms with Gasteiger partial charge in [-0.2, -0.15) is 0 Å². The molecular weight excluding hydrogens is 310 g/mol. The first kappa shape index (κ1) is 14.3. The lowest BCUT2D eigenvalue weighted by atomic mass is 10.2. The van der Waals surface area contributed by atoms with Gasteiger partial charge in [-0.25, -0.2) is 0 Å². The van der Waals surface area contributed by atoms with Crippen molar-refractivity contribution in [2.75, 3.05) is 39.0 Å². The minimum atomic E-state index is -0.129. The number of halogens is 1. The van der Waals surface area contributed by atoms with Gasteiger partial charge in [0.2, 0.25) is 0 Å². The van der Waals surface area contributed by atoms with E-state index in [9.17, 15) is 4.79 Å². The molecule has 1 aliphatic heterocycles. The molecule has 6 heteroatoms. The number of nitrogen functional groups attached to an aromatic ring is 1. The molecule has 0 radical (unpaired) electrons. The zero-order chi connectivity index (χ0) is 13.8. The first-order valence-corrected chi connectivity index (χ1v) is 6.99. The molecular formula is C13H18BrN3O2. The Bertz CT molecular complexity index is 467. The minimum Gasteiger partial charge on any atom is -0.398 e. The van der Waals surface area contributed by atoms with Crippen LogP contribution in [0.5, 0.6) is 0 Å². The van der Waals surface area contributed by atoms with Gasteiger partial charge in [0.1, 0.15) is 0 Å². The quantitative estimate of drug-likeness (QED) is 0.815. The molecule has 0 aromatic heterocycles. The lowest BCUT2D eigenvalue weighted by Crippen LogP contribution is -2.45. The summed E-state index contributed by atoms with van der Waals surface area (Å²) in [6, 6.07) is 5.17. The highest BCUT2D eigenvalue weighted by atomic mass is 79.9. The molecule has 19 heavy (non-hydrogen) atoms. The lowest BCUT2D eigenvalue weighted by Gasteiger charge is -2.30. The van der Waals surface area contributed by atoms with E-state index in [0.717, 1.165) is 17.6 Å². The van der Waals surface area contributed by atoms with E-state index in [1.54, 1.807) is 18.2 Å². The van der Waals surface area contributed by atoms with Crippen LogP contribution < -0.4 is 11.1 Å². The van der Waals surface area contributed by atoms with Crippen LogP contribution in [0.4, 0.5) is 5.69 Å². The maximum absolute atomic E-state index is 12.0. The topological polar surface area (TPSA) is 67.6 Å². The van der Waals surface area contributed by atoms with Crippen molar-refractivity contribution in [3.8, 4) is 0 Å². The summed E-state index contributed by atoms with van der Waals surface area (Å²) in [6.07, 6.45) is 0.0514. The monoisotopic (exact) mass is 327 g/mol. The van der Waals surface area contributed by atoms with E-state index in [0.29, 0.717) is 24.4 Å². The highest BCUT2D eigenvalue weighted by molar-refractivity contribution is 9.10. The van der Waals surface area contributed by atoms with Gasteiger partial charge in [0.25, 0.3) is 5.91 Å². The first-order chi connectivity index (χ1) is 9.06. The van der Waals surface area contributed by atoms with Crippen LogP contribution in [-0.2, 0) is 4.74 Å². The van der Waals surface area contributed by atoms with Crippen molar-refractivity contribution < 1.29 is 9.53 Å². The molecule has 0 aliphatic carbocycles. The third-order valence-electron chi connectivity index (χ3n) is 3.09. The Kier molecular flexibility index (Phi) is 4.79. The number of carbonyl (C=O) groups excluding carboxylic acids is 1. The molecule has 3 N–H and O–H groups in total. The van der Waals surface area contributed by atoms with Gasteiger partial charge in [-0.15, -0.1) is 0 Å². The number of morpholine rings is 1. The second-order valence-corrected chi connectivity index (χ2v) is 5.56. The fourth-order valence-electron chi connectivity index (χ4n) is 1.98. The minimum absolute atomic E-state index is 0.0514. The third kappa shape index (κ3) is 3.92. The van der Waals surface area contributed by atoms with Gasteiger partial charge in [-0.05, 0) is 41.2 Å². The average Bonchev–Trinajstić information content (AvgIpc) is 2.39. The molecule has 1 aliphatic rings. The first-order valence-electron chi connectivity index (χ1n) is 6.19. The molecule has 1 amide bonds. The maximum atomic E-state index is 12.0. The van der Waals surface area contributed by atoms with Crippen LogP contribution in [0.3, 0.4) is 0 Å². The molecule has 1 unspecified atom stereocenters. The Morgan fingerprint density at radius 3 is 3.11 bits per heavy atom. The van der Waals surface area contributed by atoms with Gasteiger partial charge in [0, 0.05) is 35.4 Å². The second-order valence-electron chi connectivity index (χ2n) is 4.70. The van der Waals surface area contributed by atoms with Crippen LogP contribution in [0.1, 0.15) is 10.4 Å². The van der Waals surface area contributed by atoms with Crippen LogP contribution in [-0.4, -0.2) is 50.2 Å². The van der Waals surface area contributed by atoms with E-state index in [4.69, 9.17) is 10.5 Å². The number of nitrogens with zero attached hydrogens (tertiary/aromatic N) is 1. The number of carbonyl (C=O) groups is 1. The lowest BCUT2D eigenvalue weighted by molar-refractivity contribution is -0.0175. The summed E-state index contributed by atoms with van der Waals surface area (Å²) in [5.74, 6) is -0.129. The average molecular weight is 328 g/mol. The van der Waals surface area contributed by atoms with Crippen molar-refractivity contribution in [2.24, 2.45) is 0 Å². The number of nitrogens with two attached hydrogens (primary N) is 1. The summed E-state index contributed by atoms with van der Waals surface area (Å²) in [5.41, 5.74) is 6.87. The largest absolute Gasteiger partial charge is 0.398 e. The zero-order valence-electron chi connectivity index (χ0n) is 10.9. The molecule has 1 heterocycles. The van der Waals surface area contributed by atoms with Crippen LogP contribution in [0, 0.1) is 0 Å². The fraction of sp³-hybridized carbons (Fsp3) is 0.462. The van der Waals surface area contributed by atoms with E-state index in [1.165, 1.54) is 0 Å². The normalized spacial score (nSPS) is 20.2. The molecule has 0 saturated carbocycles. The Labute approximate surface area is 121 Å². The smallest absolute Gasteiger partial charge is 0.251 e. The predicted octanol–water partition coefficient (Wildman–Crippen LogP) is 1.09. The molecule has 1 saturated heterocycles. The molecule has 5 nitrogen and oxygen atoms in total. The van der Waals surface area contributed by atoms with Gasteiger partial charge in [0.05, 0.1) is 12.7 Å². The summed E-state index contributed by atoms with van der Waals surface area (Å²) in [4.78, 5) is 14.2. The number of rotatable bonds is 3. The Balaban J connectivity index is 1.88. The SMILES string of the molecule is CN1CCOC(CNC(=O)c2ccc(Br)c(N)c2)C1. The second kappa shape index (κ2) is 6.36. The standard InChI is InChI=1S/C13H18BrN3O2/c1-17-4-5-19-10(8-17)7-16-13(18)9-2-3-11(14)12(15)6-9/h2-3,6,10H,4-5,7-8,15H2,1H3,(H,16,18). The number of hydrogen-bond acceptors (Lipinski definition) is 4. The van der Waals surface area contributed by atoms with Crippen LogP contribution in [0.15, 0.2) is 22.7 Å². The van der Waals surface area contributed by atoms with Gasteiger partial charge in [-0.3, -0.25) is 4.79 Å². The van der Waals surface area contributed by atoms with Crippen molar-refractivity contribution in [2.45, 2.75) is 6.10 Å². The number of anilines is 1. The summed E-state index contributed by atoms with van der Waals surface area (Å²) < 4.78 is 6.38. The van der Waals surface area contributed by atoms with Crippen molar-refractivity contribution >= 4 is 27.5 Å². The number of nitrogens with one attached hydrogen (secondary N) is 1. The van der Waals surface area contributed by atoms with E-state index < -0.39 is 0 Å². The summed E-state index contributed by atoms with van der Waals surface area (Å²) in [5, 5.41) is 2.87. The molecule has 1 fully saturated rings. The highest BCUT2D eigenvalue weighted by Gasteiger charge is 2.18. The zero-order valence-corrected chi connectivity index (χ0v) is 12.4. The summed E-state index contributed by atoms with van der Waals surface area (Å²) in [6.45, 7) is 3.00. The number of hydrogen-bond donors (Lipinski definition) is 2. The molecule has 1 aromatic carbocycles. The maximum Gasteiger partial charge on any atom is 0.251 e. The van der Waals surface area contributed by atoms with Gasteiger partial charge in [-0.1, -0.05) is 0 Å². The number of likely N-dealkylation sites (N-methyl/N-ethyl adjacent to an activating group) is 1. The Morgan fingerprint density at radius 2 is 2.42 bits per heavy atom. The molecule has 0 spiro atoms. The van der Waals surface area contributed by atoms with E-state index in [2.05, 4.69) is 26.1 Å². The van der Waals surface area contributed by atoms with Crippen molar-refractivity contribution in [3.63, 3.8) is 0 Å². The summed E-state index contributed by atoms with van der Waals surface area (Å²) in [7, 11) is 2.05. The van der Waals surface area contributed by atoms with Crippen molar-refractivity contribution in [1.82, 2.24) is 10.2 Å². The van der Waals surface area contributed by atoms with Gasteiger partial charge >= 0.3 is 0 Å². The molecule has 0 bridgehead atoms. The van der Waals surface area contributed by atoms with E-state index in [-0.39, 0.29) is 12.0 Å². The predicted molar refractivity (Wildman–Crippen MR) is 78.1 cm³/mol. The van der Waals surface area contributed by atoms with E-state index >= 15 is 0 Å². The van der Waals surface area contributed by atoms with Crippen LogP contribution >= 0.6 is 15.9 Å². The number of ether oxygens (including phenoxy) is 1. The number of benzene rings is 1. The Hall–Kier alpha value is -1.11. The molecule has 104 valence electrons. The van der Waals surface area contributed by atoms with Crippen LogP contribution in [0.25, 0.3) is 0 Å². The van der Waals surface area contributed by atoms with Crippen LogP contribution in [0.2, 0.25) is 0 Å². The van der Waals surface area contributed by atoms with E-state index in [1.807, 2.05) is 7.05 Å². The number of amides is 1. The fourth-order valence-corrected chi connectivity index (χ4v) is 2.23. The van der Waals surface area contributed by atoms with Crippen molar-refractivity contribution in [1.29, 1.82) is 0 Å². The molecule has 2 rings (SSSR count). The van der Waals surface area contributed by atoms with Crippen molar-refractivity contribution in [3.05, 3.63) is 28.2 Å². The van der Waals surface area contributed by atoms with Gasteiger partial charge in [0.15, 0.2) is 0 Å².